The van der Waals surface area contributed by atoms with E-state index in [1.807, 2.05) is 26.0 Å². The van der Waals surface area contributed by atoms with Crippen molar-refractivity contribution in [1.82, 2.24) is 0 Å². The van der Waals surface area contributed by atoms with Crippen molar-refractivity contribution in [3.05, 3.63) is 70.4 Å². The highest BCUT2D eigenvalue weighted by Gasteiger charge is 2.33. The van der Waals surface area contributed by atoms with E-state index in [0.29, 0.717) is 11.6 Å². The number of amides is 1. The Labute approximate surface area is 165 Å². The van der Waals surface area contributed by atoms with Gasteiger partial charge in [0, 0.05) is 17.6 Å². The van der Waals surface area contributed by atoms with E-state index in [1.165, 1.54) is 6.07 Å². The Kier molecular flexibility index (Phi) is 6.71. The molecule has 0 radical (unpaired) electrons. The van der Waals surface area contributed by atoms with Crippen molar-refractivity contribution in [2.45, 2.75) is 25.9 Å². The first-order valence-electron chi connectivity index (χ1n) is 8.26. The van der Waals surface area contributed by atoms with Gasteiger partial charge in [0.2, 0.25) is 0 Å². The number of carbonyl (C=O) groups is 1. The van der Waals surface area contributed by atoms with Crippen LogP contribution in [0.4, 0.5) is 24.5 Å². The highest BCUT2D eigenvalue weighted by atomic mass is 35.5. The molecular formula is C20H17ClF3N3O. The van der Waals surface area contributed by atoms with Crippen LogP contribution in [0.3, 0.4) is 0 Å². The standard InChI is InChI=1S/C20H17ClF3N3O/c1-12(2)13-3-5-15(6-4-13)27-19(28)14(10-25)11-26-16-7-8-18(21)17(9-16)20(22,23)24/h3-9,11-12,26H,1-2H3,(H,27,28)/b14-11-. The summed E-state index contributed by atoms with van der Waals surface area (Å²) < 4.78 is 38.7. The van der Waals surface area contributed by atoms with E-state index >= 15 is 0 Å². The maximum atomic E-state index is 12.9. The van der Waals surface area contributed by atoms with E-state index in [4.69, 9.17) is 11.6 Å². The van der Waals surface area contributed by atoms with Crippen LogP contribution in [0.1, 0.15) is 30.9 Å². The van der Waals surface area contributed by atoms with Crippen LogP contribution in [0.5, 0.6) is 0 Å². The molecule has 8 heteroatoms. The molecule has 0 unspecified atom stereocenters. The summed E-state index contributed by atoms with van der Waals surface area (Å²) in [7, 11) is 0. The maximum absolute atomic E-state index is 12.9. The van der Waals surface area contributed by atoms with Crippen LogP contribution < -0.4 is 10.6 Å². The number of hydrogen-bond donors (Lipinski definition) is 2. The Morgan fingerprint density at radius 3 is 2.29 bits per heavy atom. The predicted molar refractivity (Wildman–Crippen MR) is 103 cm³/mol. The fraction of sp³-hybridized carbons (Fsp3) is 0.200. The molecule has 2 aromatic rings. The van der Waals surface area contributed by atoms with Crippen LogP contribution in [-0.4, -0.2) is 5.91 Å². The van der Waals surface area contributed by atoms with E-state index < -0.39 is 22.7 Å². The van der Waals surface area contributed by atoms with E-state index in [2.05, 4.69) is 10.6 Å². The Morgan fingerprint density at radius 2 is 1.75 bits per heavy atom. The monoisotopic (exact) mass is 407 g/mol. The second-order valence-corrected chi connectivity index (χ2v) is 6.64. The Morgan fingerprint density at radius 1 is 1.14 bits per heavy atom. The number of halogens is 4. The Hall–Kier alpha value is -2.98. The van der Waals surface area contributed by atoms with Gasteiger partial charge in [0.25, 0.3) is 5.91 Å². The number of benzene rings is 2. The highest BCUT2D eigenvalue weighted by Crippen LogP contribution is 2.36. The summed E-state index contributed by atoms with van der Waals surface area (Å²) in [6.45, 7) is 4.08. The lowest BCUT2D eigenvalue weighted by molar-refractivity contribution is -0.137. The molecule has 2 rings (SSSR count). The summed E-state index contributed by atoms with van der Waals surface area (Å²) in [5.41, 5.74) is 0.330. The van der Waals surface area contributed by atoms with Crippen molar-refractivity contribution >= 4 is 28.9 Å². The topological polar surface area (TPSA) is 64.9 Å². The highest BCUT2D eigenvalue weighted by molar-refractivity contribution is 6.31. The van der Waals surface area contributed by atoms with Gasteiger partial charge in [-0.05, 0) is 41.8 Å². The zero-order chi connectivity index (χ0) is 20.9. The minimum atomic E-state index is -4.62. The molecule has 0 aromatic heterocycles. The molecule has 0 spiro atoms. The largest absolute Gasteiger partial charge is 0.417 e. The van der Waals surface area contributed by atoms with Gasteiger partial charge in [-0.25, -0.2) is 0 Å². The lowest BCUT2D eigenvalue weighted by Crippen LogP contribution is -2.14. The SMILES string of the molecule is CC(C)c1ccc(NC(=O)/C(C#N)=C\Nc2ccc(Cl)c(C(F)(F)F)c2)cc1. The van der Waals surface area contributed by atoms with Crippen molar-refractivity contribution in [3.63, 3.8) is 0 Å². The van der Waals surface area contributed by atoms with Crippen LogP contribution in [0.2, 0.25) is 5.02 Å². The molecule has 1 amide bonds. The fourth-order valence-corrected chi connectivity index (χ4v) is 2.51. The second kappa shape index (κ2) is 8.81. The molecule has 146 valence electrons. The lowest BCUT2D eigenvalue weighted by Gasteiger charge is -2.11. The third-order valence-electron chi connectivity index (χ3n) is 3.86. The first-order valence-corrected chi connectivity index (χ1v) is 8.64. The summed E-state index contributed by atoms with van der Waals surface area (Å²) in [6, 6.07) is 12.1. The number of nitrogens with one attached hydrogen (secondary N) is 2. The van der Waals surface area contributed by atoms with E-state index in [-0.39, 0.29) is 11.3 Å². The van der Waals surface area contributed by atoms with Crippen LogP contribution in [0, 0.1) is 11.3 Å². The summed E-state index contributed by atoms with van der Waals surface area (Å²) in [5, 5.41) is 13.8. The average molecular weight is 408 g/mol. The average Bonchev–Trinajstić information content (AvgIpc) is 2.63. The van der Waals surface area contributed by atoms with Gasteiger partial charge in [0.05, 0.1) is 10.6 Å². The summed E-state index contributed by atoms with van der Waals surface area (Å²) in [4.78, 5) is 12.2. The van der Waals surface area contributed by atoms with Gasteiger partial charge in [-0.15, -0.1) is 0 Å². The molecule has 0 atom stereocenters. The number of hydrogen-bond acceptors (Lipinski definition) is 3. The summed E-state index contributed by atoms with van der Waals surface area (Å²) >= 11 is 5.56. The normalized spacial score (nSPS) is 11.9. The first kappa shape index (κ1) is 21.3. The molecule has 2 N–H and O–H groups in total. The minimum absolute atomic E-state index is 0.0403. The van der Waals surface area contributed by atoms with Crippen molar-refractivity contribution < 1.29 is 18.0 Å². The van der Waals surface area contributed by atoms with Crippen LogP contribution >= 0.6 is 11.6 Å². The van der Waals surface area contributed by atoms with Gasteiger partial charge in [0.15, 0.2) is 0 Å². The molecule has 0 aliphatic heterocycles. The first-order chi connectivity index (χ1) is 13.1. The molecule has 0 fully saturated rings. The minimum Gasteiger partial charge on any atom is -0.360 e. The van der Waals surface area contributed by atoms with Crippen LogP contribution in [-0.2, 0) is 11.0 Å². The molecule has 0 saturated heterocycles. The van der Waals surface area contributed by atoms with Crippen molar-refractivity contribution in [2.75, 3.05) is 10.6 Å². The van der Waals surface area contributed by atoms with Gasteiger partial charge in [-0.3, -0.25) is 4.79 Å². The number of anilines is 2. The third kappa shape index (κ3) is 5.51. The van der Waals surface area contributed by atoms with Crippen LogP contribution in [0.15, 0.2) is 54.2 Å². The molecule has 0 aliphatic rings. The lowest BCUT2D eigenvalue weighted by atomic mass is 10.0. The van der Waals surface area contributed by atoms with Gasteiger partial charge in [-0.2, -0.15) is 18.4 Å². The van der Waals surface area contributed by atoms with Crippen molar-refractivity contribution in [3.8, 4) is 6.07 Å². The predicted octanol–water partition coefficient (Wildman–Crippen LogP) is 5.94. The molecule has 0 heterocycles. The van der Waals surface area contributed by atoms with Gasteiger partial charge < -0.3 is 10.6 Å². The molecule has 0 saturated carbocycles. The Balaban J connectivity index is 2.13. The van der Waals surface area contributed by atoms with Gasteiger partial charge >= 0.3 is 6.18 Å². The summed E-state index contributed by atoms with van der Waals surface area (Å²) in [5.74, 6) is -0.346. The smallest absolute Gasteiger partial charge is 0.360 e. The molecule has 2 aromatic carbocycles. The number of carbonyl (C=O) groups excluding carboxylic acids is 1. The van der Waals surface area contributed by atoms with Crippen molar-refractivity contribution in [1.29, 1.82) is 5.26 Å². The number of alkyl halides is 3. The zero-order valence-corrected chi connectivity index (χ0v) is 15.8. The number of nitrogens with zero attached hydrogens (tertiary/aromatic N) is 1. The number of rotatable bonds is 5. The molecule has 0 aliphatic carbocycles. The maximum Gasteiger partial charge on any atom is 0.417 e. The molecule has 28 heavy (non-hydrogen) atoms. The van der Waals surface area contributed by atoms with Gasteiger partial charge in [0.1, 0.15) is 11.6 Å². The second-order valence-electron chi connectivity index (χ2n) is 6.24. The summed E-state index contributed by atoms with van der Waals surface area (Å²) in [6.07, 6.45) is -3.57. The fourth-order valence-electron chi connectivity index (χ4n) is 2.29. The van der Waals surface area contributed by atoms with Crippen molar-refractivity contribution in [2.24, 2.45) is 0 Å². The van der Waals surface area contributed by atoms with Gasteiger partial charge in [-0.1, -0.05) is 37.6 Å². The zero-order valence-electron chi connectivity index (χ0n) is 15.1. The van der Waals surface area contributed by atoms with E-state index in [9.17, 15) is 23.2 Å². The van der Waals surface area contributed by atoms with E-state index in [1.54, 1.807) is 18.2 Å². The quantitative estimate of drug-likeness (QED) is 0.476. The molecule has 4 nitrogen and oxygen atoms in total. The number of nitriles is 1. The van der Waals surface area contributed by atoms with E-state index in [0.717, 1.165) is 23.9 Å². The van der Waals surface area contributed by atoms with Crippen LogP contribution in [0.25, 0.3) is 0 Å². The molecule has 0 bridgehead atoms. The third-order valence-corrected chi connectivity index (χ3v) is 4.18. The molecular weight excluding hydrogens is 391 g/mol. The Bertz CT molecular complexity index is 929.